The maximum absolute atomic E-state index is 12.3. The summed E-state index contributed by atoms with van der Waals surface area (Å²) < 4.78 is 4.82. The van der Waals surface area contributed by atoms with Gasteiger partial charge in [-0.25, -0.2) is 4.79 Å². The summed E-state index contributed by atoms with van der Waals surface area (Å²) in [4.78, 5) is 36.0. The number of thioether (sulfide) groups is 1. The van der Waals surface area contributed by atoms with Crippen LogP contribution in [0.4, 0.5) is 4.79 Å². The minimum atomic E-state index is -0.753. The van der Waals surface area contributed by atoms with E-state index in [2.05, 4.69) is 5.32 Å². The molecular formula is C12H23N3O4S. The van der Waals surface area contributed by atoms with Crippen LogP contribution in [0.1, 0.15) is 20.3 Å². The molecule has 0 aromatic carbocycles. The Balaban J connectivity index is 4.70. The van der Waals surface area contributed by atoms with E-state index in [0.717, 1.165) is 0 Å². The van der Waals surface area contributed by atoms with Crippen LogP contribution >= 0.6 is 11.8 Å². The lowest BCUT2D eigenvalue weighted by molar-refractivity contribution is -0.149. The fourth-order valence-electron chi connectivity index (χ4n) is 1.59. The van der Waals surface area contributed by atoms with Gasteiger partial charge in [-0.15, -0.1) is 0 Å². The summed E-state index contributed by atoms with van der Waals surface area (Å²) in [7, 11) is 0. The molecule has 0 aromatic rings. The molecule has 0 heterocycles. The number of carbonyl (C=O) groups is 3. The van der Waals surface area contributed by atoms with Gasteiger partial charge in [0.15, 0.2) is 0 Å². The van der Waals surface area contributed by atoms with Crippen LogP contribution in [0.5, 0.6) is 0 Å². The highest BCUT2D eigenvalue weighted by molar-refractivity contribution is 7.98. The minimum absolute atomic E-state index is 0.126. The summed E-state index contributed by atoms with van der Waals surface area (Å²) >= 11 is 1.56. The first-order valence-electron chi connectivity index (χ1n) is 6.45. The molecule has 0 saturated carbocycles. The molecule has 7 nitrogen and oxygen atoms in total. The van der Waals surface area contributed by atoms with Crippen molar-refractivity contribution >= 4 is 29.7 Å². The van der Waals surface area contributed by atoms with E-state index in [1.807, 2.05) is 6.26 Å². The van der Waals surface area contributed by atoms with E-state index in [4.69, 9.17) is 10.5 Å². The first-order chi connectivity index (χ1) is 9.46. The number of hydrogen-bond acceptors (Lipinski definition) is 5. The summed E-state index contributed by atoms with van der Waals surface area (Å²) in [6, 6.07) is -1.47. The van der Waals surface area contributed by atoms with Gasteiger partial charge in [0, 0.05) is 6.54 Å². The predicted octanol–water partition coefficient (Wildman–Crippen LogP) is 0.188. The molecule has 0 aliphatic rings. The van der Waals surface area contributed by atoms with Gasteiger partial charge in [-0.3, -0.25) is 9.59 Å². The minimum Gasteiger partial charge on any atom is -0.465 e. The van der Waals surface area contributed by atoms with E-state index < -0.39 is 18.0 Å². The van der Waals surface area contributed by atoms with Gasteiger partial charge in [-0.2, -0.15) is 11.8 Å². The standard InChI is InChI=1S/C12H23N3O4S/c1-4-15(8-10(16)19-5-2)11(17)9(6-7-20-3)14-12(13)18/h9H,4-8H2,1-3H3,(H3,13,14,18). The Morgan fingerprint density at radius 3 is 2.45 bits per heavy atom. The average molecular weight is 305 g/mol. The number of amides is 3. The molecule has 116 valence electrons. The zero-order valence-corrected chi connectivity index (χ0v) is 13.0. The lowest BCUT2D eigenvalue weighted by Crippen LogP contribution is -2.51. The van der Waals surface area contributed by atoms with Gasteiger partial charge < -0.3 is 20.7 Å². The van der Waals surface area contributed by atoms with Crippen molar-refractivity contribution in [2.45, 2.75) is 26.3 Å². The number of urea groups is 1. The Kier molecular flexibility index (Phi) is 9.61. The fraction of sp³-hybridized carbons (Fsp3) is 0.750. The SMILES string of the molecule is CCOC(=O)CN(CC)C(=O)C(CCSC)NC(N)=O. The number of rotatable bonds is 9. The van der Waals surface area contributed by atoms with E-state index in [0.29, 0.717) is 18.7 Å². The van der Waals surface area contributed by atoms with Crippen molar-refractivity contribution in [2.24, 2.45) is 5.73 Å². The van der Waals surface area contributed by atoms with Crippen LogP contribution in [0.25, 0.3) is 0 Å². The number of ether oxygens (including phenoxy) is 1. The van der Waals surface area contributed by atoms with Gasteiger partial charge in [-0.1, -0.05) is 0 Å². The second-order valence-electron chi connectivity index (χ2n) is 4.00. The number of hydrogen-bond donors (Lipinski definition) is 2. The van der Waals surface area contributed by atoms with Crippen molar-refractivity contribution in [3.05, 3.63) is 0 Å². The molecule has 0 spiro atoms. The predicted molar refractivity (Wildman–Crippen MR) is 78.4 cm³/mol. The van der Waals surface area contributed by atoms with E-state index >= 15 is 0 Å². The van der Waals surface area contributed by atoms with Gasteiger partial charge in [0.05, 0.1) is 6.61 Å². The molecule has 0 aromatic heterocycles. The Hall–Kier alpha value is -1.44. The summed E-state index contributed by atoms with van der Waals surface area (Å²) in [5.74, 6) is -0.0908. The van der Waals surface area contributed by atoms with E-state index in [9.17, 15) is 14.4 Å². The number of likely N-dealkylation sites (N-methyl/N-ethyl adjacent to an activating group) is 1. The highest BCUT2D eigenvalue weighted by atomic mass is 32.2. The maximum Gasteiger partial charge on any atom is 0.325 e. The molecule has 0 bridgehead atoms. The van der Waals surface area contributed by atoms with Crippen LogP contribution in [0.3, 0.4) is 0 Å². The Labute approximate surface area is 123 Å². The Morgan fingerprint density at radius 2 is 2.00 bits per heavy atom. The summed E-state index contributed by atoms with van der Waals surface area (Å²) in [5.41, 5.74) is 5.07. The maximum atomic E-state index is 12.3. The van der Waals surface area contributed by atoms with Crippen molar-refractivity contribution in [3.8, 4) is 0 Å². The normalized spacial score (nSPS) is 11.6. The first kappa shape index (κ1) is 18.6. The topological polar surface area (TPSA) is 102 Å². The average Bonchev–Trinajstić information content (AvgIpc) is 2.40. The highest BCUT2D eigenvalue weighted by Gasteiger charge is 2.25. The van der Waals surface area contributed by atoms with Gasteiger partial charge >= 0.3 is 12.0 Å². The van der Waals surface area contributed by atoms with Crippen LogP contribution in [-0.2, 0) is 14.3 Å². The van der Waals surface area contributed by atoms with Crippen molar-refractivity contribution in [1.82, 2.24) is 10.2 Å². The quantitative estimate of drug-likeness (QED) is 0.592. The first-order valence-corrected chi connectivity index (χ1v) is 7.84. The van der Waals surface area contributed by atoms with Crippen molar-refractivity contribution in [1.29, 1.82) is 0 Å². The van der Waals surface area contributed by atoms with E-state index in [1.54, 1.807) is 25.6 Å². The third kappa shape index (κ3) is 7.22. The van der Waals surface area contributed by atoms with Gasteiger partial charge in [0.1, 0.15) is 12.6 Å². The molecule has 0 rings (SSSR count). The summed E-state index contributed by atoms with van der Waals surface area (Å²) in [6.45, 7) is 3.95. The molecule has 1 unspecified atom stereocenters. The monoisotopic (exact) mass is 305 g/mol. The largest absolute Gasteiger partial charge is 0.465 e. The molecule has 0 saturated heterocycles. The second-order valence-corrected chi connectivity index (χ2v) is 4.99. The lowest BCUT2D eigenvalue weighted by atomic mass is 10.2. The zero-order valence-electron chi connectivity index (χ0n) is 12.2. The van der Waals surface area contributed by atoms with Crippen molar-refractivity contribution in [3.63, 3.8) is 0 Å². The van der Waals surface area contributed by atoms with Crippen LogP contribution in [0.2, 0.25) is 0 Å². The van der Waals surface area contributed by atoms with Crippen LogP contribution in [-0.4, -0.2) is 60.6 Å². The molecule has 20 heavy (non-hydrogen) atoms. The summed E-state index contributed by atoms with van der Waals surface area (Å²) in [6.07, 6.45) is 2.37. The number of carbonyl (C=O) groups excluding carboxylic acids is 3. The molecule has 8 heteroatoms. The Morgan fingerprint density at radius 1 is 1.35 bits per heavy atom. The van der Waals surface area contributed by atoms with Gasteiger partial charge in [-0.05, 0) is 32.3 Å². The number of esters is 1. The van der Waals surface area contributed by atoms with Crippen LogP contribution in [0.15, 0.2) is 0 Å². The molecule has 0 fully saturated rings. The highest BCUT2D eigenvalue weighted by Crippen LogP contribution is 2.05. The van der Waals surface area contributed by atoms with Crippen molar-refractivity contribution in [2.75, 3.05) is 31.7 Å². The Bertz CT molecular complexity index is 339. The molecule has 3 amide bonds. The zero-order chi connectivity index (χ0) is 15.5. The number of primary amides is 1. The number of nitrogens with one attached hydrogen (secondary N) is 1. The third-order valence-corrected chi connectivity index (χ3v) is 3.19. The van der Waals surface area contributed by atoms with Gasteiger partial charge in [0.25, 0.3) is 0 Å². The number of nitrogens with zero attached hydrogens (tertiary/aromatic N) is 1. The molecule has 0 aliphatic heterocycles. The van der Waals surface area contributed by atoms with E-state index in [1.165, 1.54) is 4.90 Å². The lowest BCUT2D eigenvalue weighted by Gasteiger charge is -2.25. The van der Waals surface area contributed by atoms with Crippen LogP contribution < -0.4 is 11.1 Å². The molecule has 3 N–H and O–H groups in total. The molecule has 0 aliphatic carbocycles. The molecular weight excluding hydrogens is 282 g/mol. The second kappa shape index (κ2) is 10.4. The smallest absolute Gasteiger partial charge is 0.325 e. The van der Waals surface area contributed by atoms with Crippen molar-refractivity contribution < 1.29 is 19.1 Å². The van der Waals surface area contributed by atoms with E-state index in [-0.39, 0.29) is 19.1 Å². The molecule has 0 radical (unpaired) electrons. The summed E-state index contributed by atoms with van der Waals surface area (Å²) in [5, 5.41) is 2.42. The third-order valence-electron chi connectivity index (χ3n) is 2.54. The van der Waals surface area contributed by atoms with Gasteiger partial charge in [0.2, 0.25) is 5.91 Å². The fourth-order valence-corrected chi connectivity index (χ4v) is 2.06. The molecule has 1 atom stereocenters. The number of nitrogens with two attached hydrogens (primary N) is 1. The van der Waals surface area contributed by atoms with Crippen LogP contribution in [0, 0.1) is 0 Å².